The quantitative estimate of drug-likeness (QED) is 0.682. The highest BCUT2D eigenvalue weighted by molar-refractivity contribution is 5.73. The number of carbonyl (C=O) groups is 1. The number of aryl methyl sites for hydroxylation is 1. The molecule has 28 heavy (non-hydrogen) atoms. The number of nitrogens with zero attached hydrogens (tertiary/aromatic N) is 3. The molecule has 10 heteroatoms. The summed E-state index contributed by atoms with van der Waals surface area (Å²) in [7, 11) is 0. The number of aromatic nitrogens is 3. The first-order valence-electron chi connectivity index (χ1n) is 8.05. The highest BCUT2D eigenvalue weighted by Gasteiger charge is 2.38. The fourth-order valence-electron chi connectivity index (χ4n) is 2.06. The molecule has 0 unspecified atom stereocenters. The van der Waals surface area contributed by atoms with E-state index in [1.807, 2.05) is 36.5 Å². The number of carboxylic acids is 1. The lowest BCUT2D eigenvalue weighted by atomic mass is 10.2. The summed E-state index contributed by atoms with van der Waals surface area (Å²) in [6, 6.07) is 12.0. The Morgan fingerprint density at radius 3 is 2.54 bits per heavy atom. The van der Waals surface area contributed by atoms with Gasteiger partial charge in [-0.25, -0.2) is 4.79 Å². The first kappa shape index (κ1) is 20.9. The normalized spacial score (nSPS) is 10.7. The van der Waals surface area contributed by atoms with Crippen LogP contribution in [0, 0.1) is 6.92 Å². The van der Waals surface area contributed by atoms with Gasteiger partial charge in [-0.3, -0.25) is 4.98 Å². The summed E-state index contributed by atoms with van der Waals surface area (Å²) < 4.78 is 37.0. The van der Waals surface area contributed by atoms with Gasteiger partial charge >= 0.3 is 12.1 Å². The van der Waals surface area contributed by atoms with Crippen LogP contribution in [-0.2, 0) is 17.8 Å². The van der Waals surface area contributed by atoms with Gasteiger partial charge in [0, 0.05) is 24.5 Å². The number of aliphatic carboxylic acids is 1. The van der Waals surface area contributed by atoms with Crippen LogP contribution in [-0.4, -0.2) is 32.4 Å². The Balaban J connectivity index is 0.000000345. The Labute approximate surface area is 158 Å². The van der Waals surface area contributed by atoms with Crippen LogP contribution in [0.15, 0.2) is 53.3 Å². The van der Waals surface area contributed by atoms with Crippen molar-refractivity contribution in [3.63, 3.8) is 0 Å². The van der Waals surface area contributed by atoms with Gasteiger partial charge in [-0.05, 0) is 30.2 Å². The minimum absolute atomic E-state index is 0.519. The van der Waals surface area contributed by atoms with Crippen molar-refractivity contribution < 1.29 is 27.6 Å². The average Bonchev–Trinajstić information content (AvgIpc) is 3.09. The molecule has 0 atom stereocenters. The molecule has 1 aromatic carbocycles. The number of hydrogen-bond acceptors (Lipinski definition) is 6. The summed E-state index contributed by atoms with van der Waals surface area (Å²) in [5, 5.41) is 14.4. The van der Waals surface area contributed by atoms with E-state index < -0.39 is 12.1 Å². The predicted molar refractivity (Wildman–Crippen MR) is 93.5 cm³/mol. The third-order valence-corrected chi connectivity index (χ3v) is 3.41. The smallest absolute Gasteiger partial charge is 0.475 e. The Kier molecular flexibility index (Phi) is 7.08. The minimum Gasteiger partial charge on any atom is -0.475 e. The number of benzene rings is 1. The summed E-state index contributed by atoms with van der Waals surface area (Å²) in [6.45, 7) is 2.58. The number of nitrogens with one attached hydrogen (secondary N) is 1. The maximum atomic E-state index is 10.6. The van der Waals surface area contributed by atoms with Crippen LogP contribution in [0.25, 0.3) is 0 Å². The van der Waals surface area contributed by atoms with Crippen molar-refractivity contribution in [2.24, 2.45) is 0 Å². The standard InChI is InChI=1S/C16H16N4O.C2HF3O2/c1-12-5-2-3-7-14(12)18-11-16-19-15(20-21-16)9-13-6-4-8-17-10-13;3-2(4,5)1(6)7/h2-8,10,18H,9,11H2,1H3;(H,6,7). The van der Waals surface area contributed by atoms with Gasteiger partial charge in [-0.1, -0.05) is 29.4 Å². The Morgan fingerprint density at radius 1 is 1.21 bits per heavy atom. The number of pyridine rings is 1. The van der Waals surface area contributed by atoms with Gasteiger partial charge in [0.2, 0.25) is 5.89 Å². The molecule has 7 nitrogen and oxygen atoms in total. The van der Waals surface area contributed by atoms with E-state index in [1.165, 1.54) is 5.56 Å². The average molecular weight is 394 g/mol. The molecule has 2 heterocycles. The maximum Gasteiger partial charge on any atom is 0.490 e. The number of halogens is 3. The van der Waals surface area contributed by atoms with E-state index in [0.29, 0.717) is 24.7 Å². The number of anilines is 1. The van der Waals surface area contributed by atoms with Gasteiger partial charge in [0.15, 0.2) is 5.82 Å². The van der Waals surface area contributed by atoms with Gasteiger partial charge in [-0.2, -0.15) is 18.2 Å². The van der Waals surface area contributed by atoms with Crippen LogP contribution in [0.5, 0.6) is 0 Å². The topological polar surface area (TPSA) is 101 Å². The summed E-state index contributed by atoms with van der Waals surface area (Å²) in [5.74, 6) is -1.51. The number of alkyl halides is 3. The van der Waals surface area contributed by atoms with Crippen LogP contribution in [0.4, 0.5) is 18.9 Å². The van der Waals surface area contributed by atoms with E-state index in [1.54, 1.807) is 6.20 Å². The lowest BCUT2D eigenvalue weighted by Gasteiger charge is -2.05. The molecule has 0 amide bonds. The molecule has 3 rings (SSSR count). The summed E-state index contributed by atoms with van der Waals surface area (Å²) in [6.07, 6.45) is -0.902. The maximum absolute atomic E-state index is 10.6. The van der Waals surface area contributed by atoms with E-state index in [0.717, 1.165) is 11.3 Å². The first-order chi connectivity index (χ1) is 13.3. The third kappa shape index (κ3) is 6.71. The number of hydrogen-bond donors (Lipinski definition) is 2. The molecule has 148 valence electrons. The molecular formula is C18H17F3N4O3. The van der Waals surface area contributed by atoms with Gasteiger partial charge < -0.3 is 14.9 Å². The van der Waals surface area contributed by atoms with E-state index in [2.05, 4.69) is 33.4 Å². The van der Waals surface area contributed by atoms with Gasteiger partial charge in [0.25, 0.3) is 0 Å². The van der Waals surface area contributed by atoms with Crippen molar-refractivity contribution in [1.29, 1.82) is 0 Å². The van der Waals surface area contributed by atoms with Crippen LogP contribution < -0.4 is 5.32 Å². The van der Waals surface area contributed by atoms with Crippen LogP contribution >= 0.6 is 0 Å². The number of rotatable bonds is 5. The van der Waals surface area contributed by atoms with Crippen molar-refractivity contribution in [3.05, 3.63) is 71.6 Å². The zero-order valence-corrected chi connectivity index (χ0v) is 14.8. The fourth-order valence-corrected chi connectivity index (χ4v) is 2.06. The van der Waals surface area contributed by atoms with E-state index in [4.69, 9.17) is 14.4 Å². The van der Waals surface area contributed by atoms with Gasteiger partial charge in [0.1, 0.15) is 0 Å². The lowest BCUT2D eigenvalue weighted by molar-refractivity contribution is -0.192. The van der Waals surface area contributed by atoms with Crippen molar-refractivity contribution in [2.75, 3.05) is 5.32 Å². The Bertz CT molecular complexity index is 898. The molecule has 0 aliphatic heterocycles. The number of carboxylic acid groups (broad SMARTS) is 1. The van der Waals surface area contributed by atoms with Gasteiger partial charge in [-0.15, -0.1) is 0 Å². The second-order valence-electron chi connectivity index (χ2n) is 5.61. The highest BCUT2D eigenvalue weighted by Crippen LogP contribution is 2.14. The summed E-state index contributed by atoms with van der Waals surface area (Å²) in [5.41, 5.74) is 3.33. The van der Waals surface area contributed by atoms with Crippen LogP contribution in [0.2, 0.25) is 0 Å². The largest absolute Gasteiger partial charge is 0.490 e. The molecule has 0 spiro atoms. The molecule has 0 bridgehead atoms. The molecule has 0 fully saturated rings. The molecule has 2 aromatic heterocycles. The van der Waals surface area contributed by atoms with Gasteiger partial charge in [0.05, 0.1) is 6.54 Å². The zero-order valence-electron chi connectivity index (χ0n) is 14.8. The first-order valence-corrected chi connectivity index (χ1v) is 8.05. The Hall–Kier alpha value is -3.43. The zero-order chi connectivity index (χ0) is 20.6. The van der Waals surface area contributed by atoms with Crippen molar-refractivity contribution in [2.45, 2.75) is 26.1 Å². The minimum atomic E-state index is -5.08. The van der Waals surface area contributed by atoms with E-state index in [9.17, 15) is 13.2 Å². The second-order valence-corrected chi connectivity index (χ2v) is 5.61. The van der Waals surface area contributed by atoms with Crippen LogP contribution in [0.1, 0.15) is 22.8 Å². The molecule has 0 radical (unpaired) electrons. The molecule has 0 saturated heterocycles. The van der Waals surface area contributed by atoms with E-state index in [-0.39, 0.29) is 0 Å². The molecule has 2 N–H and O–H groups in total. The Morgan fingerprint density at radius 2 is 1.93 bits per heavy atom. The highest BCUT2D eigenvalue weighted by atomic mass is 19.4. The van der Waals surface area contributed by atoms with Crippen molar-refractivity contribution in [3.8, 4) is 0 Å². The predicted octanol–water partition coefficient (Wildman–Crippen LogP) is 3.61. The molecule has 0 aliphatic rings. The molecule has 0 saturated carbocycles. The number of para-hydroxylation sites is 1. The SMILES string of the molecule is Cc1ccccc1NCc1nc(Cc2cccnc2)no1.O=C(O)C(F)(F)F. The lowest BCUT2D eigenvalue weighted by Crippen LogP contribution is -2.21. The fraction of sp³-hybridized carbons (Fsp3) is 0.222. The molecular weight excluding hydrogens is 377 g/mol. The van der Waals surface area contributed by atoms with Crippen molar-refractivity contribution in [1.82, 2.24) is 15.1 Å². The third-order valence-electron chi connectivity index (χ3n) is 3.41. The van der Waals surface area contributed by atoms with Crippen LogP contribution in [0.3, 0.4) is 0 Å². The van der Waals surface area contributed by atoms with Crippen molar-refractivity contribution >= 4 is 11.7 Å². The molecule has 0 aliphatic carbocycles. The second kappa shape index (κ2) is 9.49. The van der Waals surface area contributed by atoms with E-state index >= 15 is 0 Å². The summed E-state index contributed by atoms with van der Waals surface area (Å²) in [4.78, 5) is 17.4. The summed E-state index contributed by atoms with van der Waals surface area (Å²) >= 11 is 0. The monoisotopic (exact) mass is 394 g/mol. The molecule has 3 aromatic rings.